The van der Waals surface area contributed by atoms with Crippen molar-refractivity contribution in [2.24, 2.45) is 5.41 Å². The third kappa shape index (κ3) is 6.27. The second-order valence-corrected chi connectivity index (χ2v) is 12.1. The fourth-order valence-electron chi connectivity index (χ4n) is 6.24. The average Bonchev–Trinajstić information content (AvgIpc) is 3.29. The molecule has 3 aliphatic carbocycles. The van der Waals surface area contributed by atoms with Crippen LogP contribution in [0.4, 0.5) is 0 Å². The largest absolute Gasteiger partial charge is 0.508 e. The van der Waals surface area contributed by atoms with Gasteiger partial charge in [-0.15, -0.1) is 0 Å². The zero-order valence-electron chi connectivity index (χ0n) is 22.9. The molecule has 0 saturated heterocycles. The number of benzene rings is 2. The topological polar surface area (TPSA) is 20.2 Å². The van der Waals surface area contributed by atoms with Crippen LogP contribution in [0.2, 0.25) is 0 Å². The molecule has 0 aliphatic heterocycles. The number of hydrogen-bond acceptors (Lipinski definition) is 1. The summed E-state index contributed by atoms with van der Waals surface area (Å²) in [4.78, 5) is 0. The van der Waals surface area contributed by atoms with Gasteiger partial charge in [0.1, 0.15) is 5.75 Å². The van der Waals surface area contributed by atoms with Crippen molar-refractivity contribution >= 4 is 12.2 Å². The number of fused-ring (bicyclic) bond motifs is 1. The first-order valence-corrected chi connectivity index (χ1v) is 14.2. The second kappa shape index (κ2) is 11.1. The van der Waals surface area contributed by atoms with Gasteiger partial charge in [0.05, 0.1) is 0 Å². The zero-order valence-corrected chi connectivity index (χ0v) is 22.9. The molecule has 2 aromatic carbocycles. The van der Waals surface area contributed by atoms with Crippen LogP contribution < -0.4 is 10.4 Å². The molecule has 0 spiro atoms. The van der Waals surface area contributed by atoms with E-state index >= 15 is 0 Å². The van der Waals surface area contributed by atoms with Crippen LogP contribution in [0, 0.1) is 5.41 Å². The van der Waals surface area contributed by atoms with Crippen molar-refractivity contribution in [3.05, 3.63) is 111 Å². The first kappa shape index (κ1) is 25.6. The number of allylic oxidation sites excluding steroid dienone is 8. The van der Waals surface area contributed by atoms with Gasteiger partial charge in [-0.05, 0) is 103 Å². The molecule has 37 heavy (non-hydrogen) atoms. The van der Waals surface area contributed by atoms with E-state index in [1.54, 1.807) is 0 Å². The minimum absolute atomic E-state index is 0.401. The number of aromatic hydroxyl groups is 1. The van der Waals surface area contributed by atoms with Crippen molar-refractivity contribution < 1.29 is 5.11 Å². The quantitative estimate of drug-likeness (QED) is 0.421. The molecular weight excluding hydrogens is 448 g/mol. The van der Waals surface area contributed by atoms with Gasteiger partial charge in [0.2, 0.25) is 0 Å². The second-order valence-electron chi connectivity index (χ2n) is 12.1. The van der Waals surface area contributed by atoms with Crippen LogP contribution in [0.15, 0.2) is 83.5 Å². The van der Waals surface area contributed by atoms with Crippen LogP contribution in [0.3, 0.4) is 0 Å². The van der Waals surface area contributed by atoms with E-state index in [1.807, 2.05) is 6.07 Å². The van der Waals surface area contributed by atoms with Gasteiger partial charge in [-0.2, -0.15) is 0 Å². The average molecular weight is 491 g/mol. The fourth-order valence-corrected chi connectivity index (χ4v) is 6.24. The molecule has 3 aliphatic rings. The van der Waals surface area contributed by atoms with E-state index in [0.29, 0.717) is 17.1 Å². The van der Waals surface area contributed by atoms with E-state index in [2.05, 4.69) is 93.6 Å². The van der Waals surface area contributed by atoms with Gasteiger partial charge in [0.15, 0.2) is 0 Å². The normalized spacial score (nSPS) is 21.2. The predicted molar refractivity (Wildman–Crippen MR) is 158 cm³/mol. The molecule has 0 heterocycles. The van der Waals surface area contributed by atoms with E-state index < -0.39 is 0 Å². The Labute approximate surface area is 223 Å². The summed E-state index contributed by atoms with van der Waals surface area (Å²) in [5.74, 6) is 1.11. The van der Waals surface area contributed by atoms with Crippen molar-refractivity contribution in [2.75, 3.05) is 0 Å². The number of phenols is 1. The van der Waals surface area contributed by atoms with Crippen LogP contribution in [0.25, 0.3) is 12.2 Å². The molecule has 1 atom stereocenters. The van der Waals surface area contributed by atoms with Crippen LogP contribution in [-0.2, 0) is 12.8 Å². The molecule has 0 aromatic heterocycles. The van der Waals surface area contributed by atoms with Crippen LogP contribution in [0.1, 0.15) is 88.3 Å². The Morgan fingerprint density at radius 2 is 1.76 bits per heavy atom. The molecular formula is C36H42O. The Kier molecular flexibility index (Phi) is 7.70. The van der Waals surface area contributed by atoms with E-state index in [-0.39, 0.29) is 0 Å². The highest BCUT2D eigenvalue weighted by Gasteiger charge is 2.25. The van der Waals surface area contributed by atoms with Crippen molar-refractivity contribution in [3.63, 3.8) is 0 Å². The lowest BCUT2D eigenvalue weighted by Gasteiger charge is -2.22. The predicted octanol–water partition coefficient (Wildman–Crippen LogP) is 7.98. The fraction of sp³-hybridized carbons (Fsp3) is 0.389. The van der Waals surface area contributed by atoms with E-state index in [1.165, 1.54) is 70.4 Å². The summed E-state index contributed by atoms with van der Waals surface area (Å²) in [7, 11) is 0. The molecule has 1 N–H and O–H groups in total. The summed E-state index contributed by atoms with van der Waals surface area (Å²) in [6.07, 6.45) is 25.8. The lowest BCUT2D eigenvalue weighted by atomic mass is 9.84. The molecule has 1 unspecified atom stereocenters. The first-order valence-electron chi connectivity index (χ1n) is 14.2. The lowest BCUT2D eigenvalue weighted by Crippen LogP contribution is -2.28. The Balaban J connectivity index is 1.38. The highest BCUT2D eigenvalue weighted by atomic mass is 16.3. The molecule has 192 valence electrons. The molecule has 5 rings (SSSR count). The monoisotopic (exact) mass is 490 g/mol. The molecule has 1 heteroatoms. The highest BCUT2D eigenvalue weighted by Crippen LogP contribution is 2.40. The zero-order chi connectivity index (χ0) is 25.8. The lowest BCUT2D eigenvalue weighted by molar-refractivity contribution is 0.313. The van der Waals surface area contributed by atoms with Crippen LogP contribution >= 0.6 is 0 Å². The minimum Gasteiger partial charge on any atom is -0.508 e. The minimum atomic E-state index is 0.401. The van der Waals surface area contributed by atoms with Crippen molar-refractivity contribution in [3.8, 4) is 5.75 Å². The van der Waals surface area contributed by atoms with Gasteiger partial charge < -0.3 is 5.11 Å². The molecule has 1 fully saturated rings. The summed E-state index contributed by atoms with van der Waals surface area (Å²) >= 11 is 0. The van der Waals surface area contributed by atoms with Crippen molar-refractivity contribution in [1.82, 2.24) is 0 Å². The van der Waals surface area contributed by atoms with Gasteiger partial charge in [-0.1, -0.05) is 104 Å². The summed E-state index contributed by atoms with van der Waals surface area (Å²) in [5, 5.41) is 13.3. The maximum absolute atomic E-state index is 10.9. The number of rotatable bonds is 5. The molecule has 1 nitrogen and oxygen atoms in total. The van der Waals surface area contributed by atoms with Gasteiger partial charge in [-0.25, -0.2) is 0 Å². The summed E-state index contributed by atoms with van der Waals surface area (Å²) in [6, 6.07) is 13.4. The Bertz CT molecular complexity index is 1380. The third-order valence-corrected chi connectivity index (χ3v) is 8.75. The Morgan fingerprint density at radius 1 is 0.919 bits per heavy atom. The Morgan fingerprint density at radius 3 is 2.59 bits per heavy atom. The van der Waals surface area contributed by atoms with Gasteiger partial charge in [0.25, 0.3) is 0 Å². The van der Waals surface area contributed by atoms with Crippen LogP contribution in [0.5, 0.6) is 5.75 Å². The van der Waals surface area contributed by atoms with Crippen molar-refractivity contribution in [2.45, 2.75) is 84.5 Å². The smallest absolute Gasteiger partial charge is 0.119 e. The number of hydrogen-bond donors (Lipinski definition) is 1. The van der Waals surface area contributed by atoms with Gasteiger partial charge in [-0.3, -0.25) is 0 Å². The first-order chi connectivity index (χ1) is 17.9. The summed E-state index contributed by atoms with van der Waals surface area (Å²) < 4.78 is 0. The number of phenolic OH excluding ortho intramolecular Hbond substituents is 1. The maximum Gasteiger partial charge on any atom is 0.119 e. The standard InChI is InChI=1S/C36H42O/c1-26-9-5-4-6-11-32(26)25-34-33-24-28(10-7-12-31(33)18-19-35(34)37)23-27-14-16-30(17-15-27)29-13-8-21-36(2,3)22-20-29/h4-6,9-10,12,14-19,24,29,37H,7-8,11,13,20-23,25H2,1-3H3. The van der Waals surface area contributed by atoms with Gasteiger partial charge in [0, 0.05) is 5.56 Å². The highest BCUT2D eigenvalue weighted by molar-refractivity contribution is 5.57. The Hall–Kier alpha value is -3.06. The molecule has 0 amide bonds. The van der Waals surface area contributed by atoms with Crippen molar-refractivity contribution in [1.29, 1.82) is 0 Å². The van der Waals surface area contributed by atoms with E-state index in [0.717, 1.165) is 31.2 Å². The molecule has 2 aromatic rings. The third-order valence-electron chi connectivity index (χ3n) is 8.75. The molecule has 1 saturated carbocycles. The maximum atomic E-state index is 10.9. The summed E-state index contributed by atoms with van der Waals surface area (Å²) in [6.45, 7) is 7.04. The SMILES string of the molecule is CC1=C(Cc2c(O)ccc3c2=CC(Cc2ccc(C4CCCC(C)(C)CC4)cc2)=CCC=3)CC=CC=C1. The molecule has 0 radical (unpaired) electrons. The molecule has 0 bridgehead atoms. The van der Waals surface area contributed by atoms with Gasteiger partial charge >= 0.3 is 0 Å². The van der Waals surface area contributed by atoms with E-state index in [4.69, 9.17) is 0 Å². The van der Waals surface area contributed by atoms with E-state index in [9.17, 15) is 5.11 Å². The summed E-state index contributed by atoms with van der Waals surface area (Å²) in [5.41, 5.74) is 8.42. The van der Waals surface area contributed by atoms with Crippen LogP contribution in [-0.4, -0.2) is 5.11 Å².